The summed E-state index contributed by atoms with van der Waals surface area (Å²) in [5.41, 5.74) is -0.657. The van der Waals surface area contributed by atoms with Crippen molar-refractivity contribution < 1.29 is 17.8 Å². The first kappa shape index (κ1) is 15.1. The summed E-state index contributed by atoms with van der Waals surface area (Å²) in [5, 5.41) is 2.57. The van der Waals surface area contributed by atoms with Gasteiger partial charge < -0.3 is 5.32 Å². The van der Waals surface area contributed by atoms with Gasteiger partial charge in [0, 0.05) is 5.57 Å². The maximum absolute atomic E-state index is 11.4. The molecule has 0 saturated carbocycles. The summed E-state index contributed by atoms with van der Waals surface area (Å²) in [5.74, 6) is -0.896. The Balaban J connectivity index is 4.83. The third kappa shape index (κ3) is 5.87. The van der Waals surface area contributed by atoms with E-state index in [0.717, 1.165) is 0 Å². The monoisotopic (exact) mass is 249 g/mol. The fourth-order valence-electron chi connectivity index (χ4n) is 1.51. The Bertz CT molecular complexity index is 374. The van der Waals surface area contributed by atoms with Gasteiger partial charge in [0.2, 0.25) is 5.91 Å². The lowest BCUT2D eigenvalue weighted by Crippen LogP contribution is -2.50. The van der Waals surface area contributed by atoms with Crippen molar-refractivity contribution in [1.82, 2.24) is 5.32 Å². The third-order valence-electron chi connectivity index (χ3n) is 2.11. The average molecular weight is 249 g/mol. The van der Waals surface area contributed by atoms with Crippen LogP contribution in [-0.2, 0) is 14.9 Å². The molecule has 0 saturated heterocycles. The molecule has 0 aliphatic heterocycles. The second-order valence-electron chi connectivity index (χ2n) is 4.27. The van der Waals surface area contributed by atoms with Gasteiger partial charge in [0.25, 0.3) is 10.1 Å². The number of carbonyl (C=O) groups is 1. The molecular formula is C10H19NO4S. The van der Waals surface area contributed by atoms with Crippen molar-refractivity contribution in [2.75, 3.05) is 5.75 Å². The van der Waals surface area contributed by atoms with Crippen LogP contribution in [-0.4, -0.2) is 30.2 Å². The number of nitrogens with one attached hydrogen (secondary N) is 1. The van der Waals surface area contributed by atoms with Crippen molar-refractivity contribution in [2.45, 2.75) is 39.2 Å². The van der Waals surface area contributed by atoms with Gasteiger partial charge in [-0.3, -0.25) is 9.35 Å². The smallest absolute Gasteiger partial charge is 0.267 e. The highest BCUT2D eigenvalue weighted by Crippen LogP contribution is 2.15. The van der Waals surface area contributed by atoms with Gasteiger partial charge in [0.05, 0.1) is 11.3 Å². The van der Waals surface area contributed by atoms with Crippen molar-refractivity contribution in [3.8, 4) is 0 Å². The summed E-state index contributed by atoms with van der Waals surface area (Å²) in [7, 11) is -4.12. The summed E-state index contributed by atoms with van der Waals surface area (Å²) < 4.78 is 30.5. The molecule has 0 aliphatic rings. The predicted octanol–water partition coefficient (Wildman–Crippen LogP) is 1.13. The van der Waals surface area contributed by atoms with Crippen LogP contribution in [0.2, 0.25) is 0 Å². The van der Waals surface area contributed by atoms with E-state index in [9.17, 15) is 13.2 Å². The molecule has 1 amide bonds. The van der Waals surface area contributed by atoms with Crippen LogP contribution in [0, 0.1) is 0 Å². The minimum absolute atomic E-state index is 0.303. The molecule has 0 fully saturated rings. The minimum atomic E-state index is -4.12. The Morgan fingerprint density at radius 2 is 2.00 bits per heavy atom. The zero-order valence-corrected chi connectivity index (χ0v) is 10.7. The lowest BCUT2D eigenvalue weighted by atomic mass is 9.98. The molecule has 1 atom stereocenters. The quantitative estimate of drug-likeness (QED) is 0.546. The Morgan fingerprint density at radius 3 is 2.31 bits per heavy atom. The second kappa shape index (κ2) is 5.45. The molecule has 0 aromatic heterocycles. The van der Waals surface area contributed by atoms with E-state index in [4.69, 9.17) is 4.55 Å². The molecule has 0 aromatic rings. The fourth-order valence-corrected chi connectivity index (χ4v) is 2.53. The van der Waals surface area contributed by atoms with E-state index in [2.05, 4.69) is 11.9 Å². The maximum Gasteiger partial charge on any atom is 0.267 e. The van der Waals surface area contributed by atoms with Crippen molar-refractivity contribution in [2.24, 2.45) is 0 Å². The SMILES string of the molecule is C=C(C)C(=O)NC(C)(CCC)CS(=O)(=O)O. The fraction of sp³-hybridized carbons (Fsp3) is 0.700. The molecule has 1 unspecified atom stereocenters. The first-order valence-corrected chi connectivity index (χ1v) is 6.64. The van der Waals surface area contributed by atoms with E-state index in [1.165, 1.54) is 6.92 Å². The van der Waals surface area contributed by atoms with Crippen molar-refractivity contribution in [3.63, 3.8) is 0 Å². The summed E-state index contributed by atoms with van der Waals surface area (Å²) in [6.07, 6.45) is 1.16. The van der Waals surface area contributed by atoms with E-state index >= 15 is 0 Å². The minimum Gasteiger partial charge on any atom is -0.346 e. The Labute approximate surface area is 96.7 Å². The number of amides is 1. The molecule has 0 radical (unpaired) electrons. The number of rotatable bonds is 6. The average Bonchev–Trinajstić information content (AvgIpc) is 1.99. The molecule has 0 rings (SSSR count). The predicted molar refractivity (Wildman–Crippen MR) is 62.7 cm³/mol. The van der Waals surface area contributed by atoms with Crippen LogP contribution in [0.5, 0.6) is 0 Å². The first-order valence-electron chi connectivity index (χ1n) is 5.03. The molecule has 0 spiro atoms. The van der Waals surface area contributed by atoms with E-state index in [1.807, 2.05) is 6.92 Å². The molecule has 2 N–H and O–H groups in total. The maximum atomic E-state index is 11.4. The van der Waals surface area contributed by atoms with Crippen LogP contribution in [0.4, 0.5) is 0 Å². The van der Waals surface area contributed by atoms with E-state index in [0.29, 0.717) is 18.4 Å². The van der Waals surface area contributed by atoms with Gasteiger partial charge >= 0.3 is 0 Å². The highest BCUT2D eigenvalue weighted by Gasteiger charge is 2.30. The van der Waals surface area contributed by atoms with Crippen LogP contribution in [0.3, 0.4) is 0 Å². The van der Waals surface area contributed by atoms with Gasteiger partial charge in [-0.15, -0.1) is 0 Å². The topological polar surface area (TPSA) is 83.5 Å². The molecule has 94 valence electrons. The third-order valence-corrected chi connectivity index (χ3v) is 3.11. The molecule has 0 aromatic carbocycles. The van der Waals surface area contributed by atoms with Crippen LogP contribution in [0.25, 0.3) is 0 Å². The first-order chi connectivity index (χ1) is 7.09. The largest absolute Gasteiger partial charge is 0.346 e. The molecule has 16 heavy (non-hydrogen) atoms. The van der Waals surface area contributed by atoms with Crippen LogP contribution >= 0.6 is 0 Å². The van der Waals surface area contributed by atoms with Gasteiger partial charge in [-0.1, -0.05) is 19.9 Å². The number of hydrogen-bond acceptors (Lipinski definition) is 3. The summed E-state index contributed by atoms with van der Waals surface area (Å²) >= 11 is 0. The normalized spacial score (nSPS) is 15.2. The molecule has 0 heterocycles. The zero-order chi connectivity index (χ0) is 13.0. The highest BCUT2D eigenvalue weighted by atomic mass is 32.2. The Morgan fingerprint density at radius 1 is 1.50 bits per heavy atom. The zero-order valence-electron chi connectivity index (χ0n) is 9.91. The van der Waals surface area contributed by atoms with Gasteiger partial charge in [0.1, 0.15) is 0 Å². The van der Waals surface area contributed by atoms with Crippen molar-refractivity contribution in [1.29, 1.82) is 0 Å². The van der Waals surface area contributed by atoms with Crippen LogP contribution < -0.4 is 5.32 Å². The van der Waals surface area contributed by atoms with Gasteiger partial charge in [-0.05, 0) is 20.3 Å². The molecular weight excluding hydrogens is 230 g/mol. The summed E-state index contributed by atoms with van der Waals surface area (Å²) in [4.78, 5) is 11.4. The van der Waals surface area contributed by atoms with Gasteiger partial charge in [0.15, 0.2) is 0 Å². The lowest BCUT2D eigenvalue weighted by Gasteiger charge is -2.29. The van der Waals surface area contributed by atoms with Crippen molar-refractivity contribution >= 4 is 16.0 Å². The van der Waals surface area contributed by atoms with E-state index < -0.39 is 27.3 Å². The van der Waals surface area contributed by atoms with Gasteiger partial charge in [-0.2, -0.15) is 8.42 Å². The molecule has 5 nitrogen and oxygen atoms in total. The van der Waals surface area contributed by atoms with Crippen molar-refractivity contribution in [3.05, 3.63) is 12.2 Å². The Hall–Kier alpha value is -0.880. The standard InChI is InChI=1S/C10H19NO4S/c1-5-6-10(4,7-16(13,14)15)11-9(12)8(2)3/h2,5-7H2,1,3-4H3,(H,11,12)(H,13,14,15). The van der Waals surface area contributed by atoms with Crippen LogP contribution in [0.1, 0.15) is 33.6 Å². The van der Waals surface area contributed by atoms with Crippen LogP contribution in [0.15, 0.2) is 12.2 Å². The van der Waals surface area contributed by atoms with E-state index in [1.54, 1.807) is 6.92 Å². The molecule has 6 heteroatoms. The Kier molecular flexibility index (Phi) is 5.15. The lowest BCUT2D eigenvalue weighted by molar-refractivity contribution is -0.118. The summed E-state index contributed by atoms with van der Waals surface area (Å²) in [6, 6.07) is 0. The second-order valence-corrected chi connectivity index (χ2v) is 5.72. The molecule has 0 bridgehead atoms. The highest BCUT2D eigenvalue weighted by molar-refractivity contribution is 7.85. The number of carbonyl (C=O) groups excluding carboxylic acids is 1. The summed E-state index contributed by atoms with van der Waals surface area (Å²) in [6.45, 7) is 8.47. The van der Waals surface area contributed by atoms with Gasteiger partial charge in [-0.25, -0.2) is 0 Å². The van der Waals surface area contributed by atoms with E-state index in [-0.39, 0.29) is 0 Å². The number of hydrogen-bond donors (Lipinski definition) is 2. The molecule has 0 aliphatic carbocycles.